The SMILES string of the molecule is CCCC(C)C(N)CC1CCSCC1. The Hall–Kier alpha value is 0.310. The third kappa shape index (κ3) is 4.22. The first kappa shape index (κ1) is 12.4. The average molecular weight is 215 g/mol. The third-order valence-electron chi connectivity index (χ3n) is 3.42. The van der Waals surface area contributed by atoms with Crippen LogP contribution in [0.5, 0.6) is 0 Å². The van der Waals surface area contributed by atoms with Crippen molar-refractivity contribution in [3.8, 4) is 0 Å². The quantitative estimate of drug-likeness (QED) is 0.761. The van der Waals surface area contributed by atoms with Crippen molar-refractivity contribution in [3.63, 3.8) is 0 Å². The van der Waals surface area contributed by atoms with Crippen LogP contribution in [0.15, 0.2) is 0 Å². The van der Waals surface area contributed by atoms with Crippen LogP contribution in [0.1, 0.15) is 46.0 Å². The van der Waals surface area contributed by atoms with Gasteiger partial charge in [0.05, 0.1) is 0 Å². The zero-order valence-electron chi connectivity index (χ0n) is 9.67. The van der Waals surface area contributed by atoms with Gasteiger partial charge in [0, 0.05) is 6.04 Å². The van der Waals surface area contributed by atoms with Crippen molar-refractivity contribution in [2.45, 2.75) is 52.0 Å². The molecular formula is C12H25NS. The number of hydrogen-bond donors (Lipinski definition) is 1. The first-order valence-electron chi connectivity index (χ1n) is 6.07. The van der Waals surface area contributed by atoms with E-state index in [2.05, 4.69) is 25.6 Å². The van der Waals surface area contributed by atoms with Gasteiger partial charge in [0.25, 0.3) is 0 Å². The lowest BCUT2D eigenvalue weighted by atomic mass is 9.87. The van der Waals surface area contributed by atoms with Gasteiger partial charge in [0.1, 0.15) is 0 Å². The summed E-state index contributed by atoms with van der Waals surface area (Å²) in [6.45, 7) is 4.56. The summed E-state index contributed by atoms with van der Waals surface area (Å²) in [6.07, 6.45) is 6.63. The number of hydrogen-bond acceptors (Lipinski definition) is 2. The molecule has 0 saturated carbocycles. The lowest BCUT2D eigenvalue weighted by Crippen LogP contribution is -2.31. The van der Waals surface area contributed by atoms with Gasteiger partial charge in [-0.3, -0.25) is 0 Å². The second kappa shape index (κ2) is 6.73. The zero-order chi connectivity index (χ0) is 10.4. The summed E-state index contributed by atoms with van der Waals surface area (Å²) in [5.74, 6) is 4.36. The van der Waals surface area contributed by atoms with Crippen molar-refractivity contribution in [2.24, 2.45) is 17.6 Å². The summed E-state index contributed by atoms with van der Waals surface area (Å²) in [4.78, 5) is 0. The molecule has 0 aromatic heterocycles. The zero-order valence-corrected chi connectivity index (χ0v) is 10.5. The molecule has 2 atom stereocenters. The van der Waals surface area contributed by atoms with Crippen LogP contribution in [-0.2, 0) is 0 Å². The molecular weight excluding hydrogens is 190 g/mol. The van der Waals surface area contributed by atoms with Crippen LogP contribution in [0.3, 0.4) is 0 Å². The van der Waals surface area contributed by atoms with E-state index in [4.69, 9.17) is 5.73 Å². The molecule has 2 unspecified atom stereocenters. The highest BCUT2D eigenvalue weighted by molar-refractivity contribution is 7.99. The van der Waals surface area contributed by atoms with Gasteiger partial charge in [-0.25, -0.2) is 0 Å². The number of thioether (sulfide) groups is 1. The minimum atomic E-state index is 0.447. The van der Waals surface area contributed by atoms with Crippen molar-refractivity contribution >= 4 is 11.8 Å². The largest absolute Gasteiger partial charge is 0.327 e. The molecule has 1 saturated heterocycles. The van der Waals surface area contributed by atoms with E-state index in [-0.39, 0.29) is 0 Å². The third-order valence-corrected chi connectivity index (χ3v) is 4.47. The molecule has 0 bridgehead atoms. The minimum Gasteiger partial charge on any atom is -0.327 e. The summed E-state index contributed by atoms with van der Waals surface area (Å²) < 4.78 is 0. The smallest absolute Gasteiger partial charge is 0.00671 e. The van der Waals surface area contributed by atoms with Gasteiger partial charge >= 0.3 is 0 Å². The first-order chi connectivity index (χ1) is 6.74. The Kier molecular flexibility index (Phi) is 5.95. The van der Waals surface area contributed by atoms with Crippen molar-refractivity contribution in [1.29, 1.82) is 0 Å². The summed E-state index contributed by atoms with van der Waals surface area (Å²) in [6, 6.07) is 0.447. The van der Waals surface area contributed by atoms with Gasteiger partial charge in [-0.15, -0.1) is 0 Å². The predicted octanol–water partition coefficient (Wildman–Crippen LogP) is 3.28. The average Bonchev–Trinajstić information content (AvgIpc) is 2.19. The molecule has 1 nitrogen and oxygen atoms in total. The van der Waals surface area contributed by atoms with Crippen LogP contribution in [-0.4, -0.2) is 17.5 Å². The Morgan fingerprint density at radius 1 is 1.36 bits per heavy atom. The molecule has 1 heterocycles. The number of rotatable bonds is 5. The normalized spacial score (nSPS) is 23.4. The molecule has 1 fully saturated rings. The van der Waals surface area contributed by atoms with Gasteiger partial charge in [0.2, 0.25) is 0 Å². The second-order valence-corrected chi connectivity index (χ2v) is 5.95. The standard InChI is InChI=1S/C12H25NS/c1-3-4-10(2)12(13)9-11-5-7-14-8-6-11/h10-12H,3-9,13H2,1-2H3. The fourth-order valence-electron chi connectivity index (χ4n) is 2.27. The van der Waals surface area contributed by atoms with Crippen LogP contribution in [0.2, 0.25) is 0 Å². The summed E-state index contributed by atoms with van der Waals surface area (Å²) in [5, 5.41) is 0. The molecule has 14 heavy (non-hydrogen) atoms. The van der Waals surface area contributed by atoms with Crippen LogP contribution >= 0.6 is 11.8 Å². The predicted molar refractivity (Wildman–Crippen MR) is 66.7 cm³/mol. The Morgan fingerprint density at radius 2 is 2.00 bits per heavy atom. The molecule has 0 amide bonds. The molecule has 1 aliphatic rings. The van der Waals surface area contributed by atoms with Crippen molar-refractivity contribution in [3.05, 3.63) is 0 Å². The topological polar surface area (TPSA) is 26.0 Å². The lowest BCUT2D eigenvalue weighted by molar-refractivity contribution is 0.329. The van der Waals surface area contributed by atoms with Gasteiger partial charge in [-0.2, -0.15) is 11.8 Å². The van der Waals surface area contributed by atoms with E-state index in [1.807, 2.05) is 0 Å². The van der Waals surface area contributed by atoms with Gasteiger partial charge in [0.15, 0.2) is 0 Å². The van der Waals surface area contributed by atoms with E-state index in [0.717, 1.165) is 11.8 Å². The van der Waals surface area contributed by atoms with Crippen LogP contribution in [0.25, 0.3) is 0 Å². The lowest BCUT2D eigenvalue weighted by Gasteiger charge is -2.27. The molecule has 0 aromatic rings. The highest BCUT2D eigenvalue weighted by Crippen LogP contribution is 2.27. The Bertz CT molecular complexity index is 143. The van der Waals surface area contributed by atoms with E-state index in [1.54, 1.807) is 0 Å². The van der Waals surface area contributed by atoms with E-state index in [0.29, 0.717) is 6.04 Å². The molecule has 84 valence electrons. The minimum absolute atomic E-state index is 0.447. The fourth-order valence-corrected chi connectivity index (χ4v) is 3.47. The Balaban J connectivity index is 2.20. The summed E-state index contributed by atoms with van der Waals surface area (Å²) in [5.41, 5.74) is 6.23. The van der Waals surface area contributed by atoms with E-state index < -0.39 is 0 Å². The molecule has 2 N–H and O–H groups in total. The van der Waals surface area contributed by atoms with Gasteiger partial charge in [-0.05, 0) is 49.0 Å². The number of nitrogens with two attached hydrogens (primary N) is 1. The second-order valence-electron chi connectivity index (χ2n) is 4.72. The van der Waals surface area contributed by atoms with Crippen LogP contribution in [0, 0.1) is 11.8 Å². The van der Waals surface area contributed by atoms with Gasteiger partial charge < -0.3 is 5.73 Å². The maximum absolute atomic E-state index is 6.23. The van der Waals surface area contributed by atoms with Crippen molar-refractivity contribution in [2.75, 3.05) is 11.5 Å². The highest BCUT2D eigenvalue weighted by Gasteiger charge is 2.19. The highest BCUT2D eigenvalue weighted by atomic mass is 32.2. The summed E-state index contributed by atoms with van der Waals surface area (Å²) in [7, 11) is 0. The molecule has 1 rings (SSSR count). The maximum Gasteiger partial charge on any atom is 0.00671 e. The van der Waals surface area contributed by atoms with Crippen molar-refractivity contribution in [1.82, 2.24) is 0 Å². The van der Waals surface area contributed by atoms with Crippen LogP contribution in [0.4, 0.5) is 0 Å². The molecule has 1 aliphatic heterocycles. The van der Waals surface area contributed by atoms with Crippen molar-refractivity contribution < 1.29 is 0 Å². The van der Waals surface area contributed by atoms with E-state index in [9.17, 15) is 0 Å². The summed E-state index contributed by atoms with van der Waals surface area (Å²) >= 11 is 2.10. The fraction of sp³-hybridized carbons (Fsp3) is 1.00. The van der Waals surface area contributed by atoms with E-state index in [1.165, 1.54) is 43.6 Å². The molecule has 0 spiro atoms. The van der Waals surface area contributed by atoms with E-state index >= 15 is 0 Å². The molecule has 0 aliphatic carbocycles. The molecule has 0 radical (unpaired) electrons. The maximum atomic E-state index is 6.23. The molecule has 2 heteroatoms. The Morgan fingerprint density at radius 3 is 2.57 bits per heavy atom. The Labute approximate surface area is 93.2 Å². The monoisotopic (exact) mass is 215 g/mol. The first-order valence-corrected chi connectivity index (χ1v) is 7.22. The molecule has 0 aromatic carbocycles. The van der Waals surface area contributed by atoms with Gasteiger partial charge in [-0.1, -0.05) is 20.3 Å². The van der Waals surface area contributed by atoms with Crippen LogP contribution < -0.4 is 5.73 Å².